The van der Waals surface area contributed by atoms with Crippen LogP contribution in [0.4, 0.5) is 0 Å². The molecule has 1 nitrogen and oxygen atoms in total. The van der Waals surface area contributed by atoms with E-state index >= 15 is 0 Å². The average Bonchev–Trinajstić information content (AvgIpc) is 2.51. The molecule has 1 saturated heterocycles. The van der Waals surface area contributed by atoms with Gasteiger partial charge in [0.15, 0.2) is 0 Å². The first kappa shape index (κ1) is 7.37. The van der Waals surface area contributed by atoms with Crippen molar-refractivity contribution >= 4 is 0 Å². The van der Waals surface area contributed by atoms with Gasteiger partial charge in [-0.15, -0.1) is 0 Å². The molecule has 0 amide bonds. The summed E-state index contributed by atoms with van der Waals surface area (Å²) in [4.78, 5) is 0. The highest BCUT2D eigenvalue weighted by Crippen LogP contribution is 2.64. The highest BCUT2D eigenvalue weighted by molar-refractivity contribution is 5.15. The highest BCUT2D eigenvalue weighted by atomic mass is 15.0. The zero-order valence-corrected chi connectivity index (χ0v) is 8.30. The van der Waals surface area contributed by atoms with Crippen LogP contribution in [0.3, 0.4) is 0 Å². The molecule has 2 aliphatic carbocycles. The van der Waals surface area contributed by atoms with Crippen LogP contribution in [0.15, 0.2) is 0 Å². The van der Waals surface area contributed by atoms with Gasteiger partial charge < -0.3 is 5.32 Å². The van der Waals surface area contributed by atoms with Gasteiger partial charge in [0.25, 0.3) is 0 Å². The molecule has 2 saturated carbocycles. The standard InChI is InChI=1S/C11H19N/c1-6-8-4-7-5-12-10(6)9(7)11(8,2)3/h6-10,12H,4-5H2,1-3H3. The predicted molar refractivity (Wildman–Crippen MR) is 49.8 cm³/mol. The zero-order chi connectivity index (χ0) is 8.51. The second-order valence-electron chi connectivity index (χ2n) is 5.74. The topological polar surface area (TPSA) is 12.0 Å². The van der Waals surface area contributed by atoms with Gasteiger partial charge in [-0.1, -0.05) is 20.8 Å². The van der Waals surface area contributed by atoms with Crippen LogP contribution in [0.25, 0.3) is 0 Å². The molecule has 0 aromatic rings. The van der Waals surface area contributed by atoms with Crippen LogP contribution in [0.5, 0.6) is 0 Å². The zero-order valence-electron chi connectivity index (χ0n) is 8.30. The van der Waals surface area contributed by atoms with E-state index in [-0.39, 0.29) is 0 Å². The molecule has 3 rings (SSSR count). The molecule has 1 N–H and O–H groups in total. The van der Waals surface area contributed by atoms with Crippen molar-refractivity contribution in [3.05, 3.63) is 0 Å². The number of rotatable bonds is 0. The van der Waals surface area contributed by atoms with Gasteiger partial charge in [0.2, 0.25) is 0 Å². The summed E-state index contributed by atoms with van der Waals surface area (Å²) >= 11 is 0. The van der Waals surface area contributed by atoms with Gasteiger partial charge in [-0.05, 0) is 42.1 Å². The van der Waals surface area contributed by atoms with Crippen molar-refractivity contribution in [1.82, 2.24) is 5.32 Å². The van der Waals surface area contributed by atoms with Gasteiger partial charge in [-0.25, -0.2) is 0 Å². The summed E-state index contributed by atoms with van der Waals surface area (Å²) in [6.07, 6.45) is 1.50. The number of hydrogen-bond donors (Lipinski definition) is 1. The minimum absolute atomic E-state index is 0.637. The summed E-state index contributed by atoms with van der Waals surface area (Å²) in [5.41, 5.74) is 0.637. The van der Waals surface area contributed by atoms with Crippen LogP contribution in [0.2, 0.25) is 0 Å². The Labute approximate surface area is 74.9 Å². The van der Waals surface area contributed by atoms with Gasteiger partial charge in [0.1, 0.15) is 0 Å². The fourth-order valence-corrected chi connectivity index (χ4v) is 4.67. The first-order chi connectivity index (χ1) is 5.62. The van der Waals surface area contributed by atoms with E-state index in [2.05, 4.69) is 26.1 Å². The number of nitrogens with one attached hydrogen (secondary N) is 1. The molecule has 12 heavy (non-hydrogen) atoms. The van der Waals surface area contributed by atoms with Crippen LogP contribution < -0.4 is 5.32 Å². The fraction of sp³-hybridized carbons (Fsp3) is 1.00. The molecular formula is C11H19N. The lowest BCUT2D eigenvalue weighted by Gasteiger charge is -2.24. The molecule has 1 heteroatoms. The summed E-state index contributed by atoms with van der Waals surface area (Å²) in [5, 5.41) is 3.72. The highest BCUT2D eigenvalue weighted by Gasteiger charge is 2.63. The normalized spacial score (nSPS) is 59.8. The molecule has 68 valence electrons. The second kappa shape index (κ2) is 1.89. The van der Waals surface area contributed by atoms with Crippen molar-refractivity contribution in [2.45, 2.75) is 33.2 Å². The first-order valence-corrected chi connectivity index (χ1v) is 5.36. The monoisotopic (exact) mass is 165 g/mol. The van der Waals surface area contributed by atoms with E-state index in [1.807, 2.05) is 0 Å². The third kappa shape index (κ3) is 0.585. The van der Waals surface area contributed by atoms with Crippen molar-refractivity contribution in [2.75, 3.05) is 6.54 Å². The molecule has 5 atom stereocenters. The third-order valence-corrected chi connectivity index (χ3v) is 5.08. The predicted octanol–water partition coefficient (Wildman–Crippen LogP) is 1.89. The third-order valence-electron chi connectivity index (χ3n) is 5.08. The average molecular weight is 165 g/mol. The SMILES string of the molecule is CC1C2NCC3CC1C(C)(C)C32. The maximum atomic E-state index is 3.72. The van der Waals surface area contributed by atoms with Gasteiger partial charge in [-0.3, -0.25) is 0 Å². The molecule has 0 spiro atoms. The van der Waals surface area contributed by atoms with Crippen LogP contribution in [-0.4, -0.2) is 12.6 Å². The van der Waals surface area contributed by atoms with E-state index in [4.69, 9.17) is 0 Å². The molecule has 2 bridgehead atoms. The van der Waals surface area contributed by atoms with Crippen LogP contribution in [0, 0.1) is 29.1 Å². The maximum absolute atomic E-state index is 3.72. The molecule has 1 heterocycles. The van der Waals surface area contributed by atoms with E-state index in [0.717, 1.165) is 29.7 Å². The van der Waals surface area contributed by atoms with Gasteiger partial charge in [0, 0.05) is 6.04 Å². The van der Waals surface area contributed by atoms with E-state index in [1.54, 1.807) is 0 Å². The summed E-state index contributed by atoms with van der Waals surface area (Å²) in [7, 11) is 0. The summed E-state index contributed by atoms with van der Waals surface area (Å²) in [5.74, 6) is 3.96. The van der Waals surface area contributed by atoms with Crippen molar-refractivity contribution in [1.29, 1.82) is 0 Å². The molecule has 3 fully saturated rings. The Bertz CT molecular complexity index is 221. The van der Waals surface area contributed by atoms with Crippen molar-refractivity contribution in [2.24, 2.45) is 29.1 Å². The lowest BCUT2D eigenvalue weighted by Crippen LogP contribution is -2.31. The van der Waals surface area contributed by atoms with Gasteiger partial charge in [0.05, 0.1) is 0 Å². The van der Waals surface area contributed by atoms with Gasteiger partial charge in [-0.2, -0.15) is 0 Å². The largest absolute Gasteiger partial charge is 0.313 e. The summed E-state index contributed by atoms with van der Waals surface area (Å²) < 4.78 is 0. The number of fused-ring (bicyclic) bond motifs is 1. The lowest BCUT2D eigenvalue weighted by atomic mass is 9.80. The lowest BCUT2D eigenvalue weighted by molar-refractivity contribution is 0.238. The Morgan fingerprint density at radius 1 is 1.33 bits per heavy atom. The van der Waals surface area contributed by atoms with E-state index in [9.17, 15) is 0 Å². The molecule has 0 aromatic carbocycles. The Balaban J connectivity index is 2.07. The van der Waals surface area contributed by atoms with Gasteiger partial charge >= 0.3 is 0 Å². The van der Waals surface area contributed by atoms with Crippen molar-refractivity contribution in [3.63, 3.8) is 0 Å². The van der Waals surface area contributed by atoms with E-state index in [1.165, 1.54) is 13.0 Å². The van der Waals surface area contributed by atoms with E-state index < -0.39 is 0 Å². The van der Waals surface area contributed by atoms with Crippen molar-refractivity contribution in [3.8, 4) is 0 Å². The van der Waals surface area contributed by atoms with Crippen LogP contribution in [-0.2, 0) is 0 Å². The fourth-order valence-electron chi connectivity index (χ4n) is 4.67. The number of hydrogen-bond acceptors (Lipinski definition) is 1. The molecule has 0 radical (unpaired) electrons. The second-order valence-corrected chi connectivity index (χ2v) is 5.74. The minimum Gasteiger partial charge on any atom is -0.313 e. The Hall–Kier alpha value is -0.0400. The maximum Gasteiger partial charge on any atom is 0.0132 e. The Kier molecular flexibility index (Phi) is 1.16. The molecule has 5 unspecified atom stereocenters. The minimum atomic E-state index is 0.637. The summed E-state index contributed by atoms with van der Waals surface area (Å²) in [6.45, 7) is 8.74. The van der Waals surface area contributed by atoms with Crippen LogP contribution >= 0.6 is 0 Å². The van der Waals surface area contributed by atoms with Crippen molar-refractivity contribution < 1.29 is 0 Å². The smallest absolute Gasteiger partial charge is 0.0132 e. The molecule has 3 aliphatic rings. The quantitative estimate of drug-likeness (QED) is 0.578. The first-order valence-electron chi connectivity index (χ1n) is 5.36. The summed E-state index contributed by atoms with van der Waals surface area (Å²) in [6, 6.07) is 0.865. The molecule has 0 aromatic heterocycles. The molecule has 1 aliphatic heterocycles. The Morgan fingerprint density at radius 3 is 2.67 bits per heavy atom. The molecular weight excluding hydrogens is 146 g/mol. The Morgan fingerprint density at radius 2 is 2.08 bits per heavy atom. The van der Waals surface area contributed by atoms with E-state index in [0.29, 0.717) is 5.41 Å². The van der Waals surface area contributed by atoms with Crippen LogP contribution in [0.1, 0.15) is 27.2 Å².